The third-order valence-corrected chi connectivity index (χ3v) is 3.72. The predicted molar refractivity (Wildman–Crippen MR) is 84.4 cm³/mol. The summed E-state index contributed by atoms with van der Waals surface area (Å²) in [6.07, 6.45) is 2.01. The minimum absolute atomic E-state index is 0.181. The minimum Gasteiger partial charge on any atom is -0.465 e. The third-order valence-electron chi connectivity index (χ3n) is 2.43. The van der Waals surface area contributed by atoms with E-state index in [0.29, 0.717) is 24.5 Å². The number of nitrogens with zero attached hydrogens (tertiary/aromatic N) is 1. The van der Waals surface area contributed by atoms with Crippen molar-refractivity contribution in [2.45, 2.75) is 19.4 Å². The molecule has 116 valence electrons. The van der Waals surface area contributed by atoms with Crippen molar-refractivity contribution < 1.29 is 14.3 Å². The van der Waals surface area contributed by atoms with Gasteiger partial charge in [-0.1, -0.05) is 11.6 Å². The van der Waals surface area contributed by atoms with E-state index in [0.717, 1.165) is 0 Å². The second-order valence-electron chi connectivity index (χ2n) is 4.09. The van der Waals surface area contributed by atoms with Gasteiger partial charge in [-0.3, -0.25) is 9.59 Å². The molecule has 0 aliphatic heterocycles. The molecule has 6 nitrogen and oxygen atoms in total. The average molecular weight is 332 g/mol. The number of amides is 1. The normalized spacial score (nSPS) is 11.8. The van der Waals surface area contributed by atoms with Crippen LogP contribution in [0.25, 0.3) is 0 Å². The highest BCUT2D eigenvalue weighted by Gasteiger charge is 2.14. The smallest absolute Gasteiger partial charge is 0.322 e. The van der Waals surface area contributed by atoms with E-state index in [2.05, 4.69) is 10.3 Å². The fraction of sp³-hybridized carbons (Fsp3) is 0.462. The molecule has 0 spiro atoms. The third kappa shape index (κ3) is 6.79. The topological polar surface area (TPSA) is 94.3 Å². The summed E-state index contributed by atoms with van der Waals surface area (Å²) in [6, 6.07) is 2.72. The summed E-state index contributed by atoms with van der Waals surface area (Å²) in [5, 5.41) is 2.91. The van der Waals surface area contributed by atoms with Gasteiger partial charge in [0.05, 0.1) is 18.0 Å². The van der Waals surface area contributed by atoms with Crippen LogP contribution in [0.4, 0.5) is 5.69 Å². The minimum atomic E-state index is -0.645. The predicted octanol–water partition coefficient (Wildman–Crippen LogP) is 1.69. The lowest BCUT2D eigenvalue weighted by Gasteiger charge is -2.10. The summed E-state index contributed by atoms with van der Waals surface area (Å²) in [4.78, 5) is 26.9. The van der Waals surface area contributed by atoms with Crippen molar-refractivity contribution in [3.05, 3.63) is 23.5 Å². The van der Waals surface area contributed by atoms with Gasteiger partial charge in [-0.15, -0.1) is 0 Å². The van der Waals surface area contributed by atoms with Gasteiger partial charge >= 0.3 is 5.97 Å². The van der Waals surface area contributed by atoms with Gasteiger partial charge in [-0.25, -0.2) is 4.98 Å². The standard InChI is InChI=1S/C13H18ClN3O3S/c1-2-20-13(19)9(15)5-7-21-8-11(18)17-10-4-3-6-16-12(10)14/h3-4,6,9H,2,5,7-8,15H2,1H3,(H,17,18). The van der Waals surface area contributed by atoms with E-state index >= 15 is 0 Å². The molecular formula is C13H18ClN3O3S. The van der Waals surface area contributed by atoms with Gasteiger partial charge in [-0.2, -0.15) is 11.8 Å². The first-order valence-electron chi connectivity index (χ1n) is 6.45. The number of carbonyl (C=O) groups excluding carboxylic acids is 2. The highest BCUT2D eigenvalue weighted by atomic mass is 35.5. The zero-order valence-corrected chi connectivity index (χ0v) is 13.2. The second kappa shape index (κ2) is 9.59. The number of carbonyl (C=O) groups is 2. The number of aromatic nitrogens is 1. The number of pyridine rings is 1. The van der Waals surface area contributed by atoms with Crippen molar-refractivity contribution in [2.75, 3.05) is 23.4 Å². The molecule has 21 heavy (non-hydrogen) atoms. The first-order valence-corrected chi connectivity index (χ1v) is 7.98. The molecule has 1 aromatic rings. The molecule has 8 heteroatoms. The quantitative estimate of drug-likeness (QED) is 0.427. The Labute approximate surface area is 132 Å². The molecule has 0 radical (unpaired) electrons. The molecule has 0 aromatic carbocycles. The number of anilines is 1. The number of rotatable bonds is 8. The van der Waals surface area contributed by atoms with E-state index in [1.165, 1.54) is 11.8 Å². The molecule has 0 aliphatic carbocycles. The largest absolute Gasteiger partial charge is 0.465 e. The fourth-order valence-corrected chi connectivity index (χ4v) is 2.40. The van der Waals surface area contributed by atoms with Crippen LogP contribution < -0.4 is 11.1 Å². The van der Waals surface area contributed by atoms with E-state index in [1.807, 2.05) is 0 Å². The molecule has 0 saturated carbocycles. The summed E-state index contributed by atoms with van der Waals surface area (Å²) in [7, 11) is 0. The van der Waals surface area contributed by atoms with Crippen LogP contribution in [0, 0.1) is 0 Å². The highest BCUT2D eigenvalue weighted by molar-refractivity contribution is 7.99. The number of hydrogen-bond donors (Lipinski definition) is 2. The number of esters is 1. The molecule has 1 rings (SSSR count). The summed E-state index contributed by atoms with van der Waals surface area (Å²) in [5.41, 5.74) is 6.13. The number of ether oxygens (including phenoxy) is 1. The van der Waals surface area contributed by atoms with Gasteiger partial charge in [0, 0.05) is 6.20 Å². The van der Waals surface area contributed by atoms with Gasteiger partial charge in [0.2, 0.25) is 5.91 Å². The Kier molecular flexibility index (Phi) is 8.11. The van der Waals surface area contributed by atoms with Crippen molar-refractivity contribution in [1.29, 1.82) is 0 Å². The Balaban J connectivity index is 2.22. The molecule has 1 amide bonds. The maximum Gasteiger partial charge on any atom is 0.322 e. The van der Waals surface area contributed by atoms with Crippen molar-refractivity contribution in [2.24, 2.45) is 5.73 Å². The molecular weight excluding hydrogens is 314 g/mol. The van der Waals surface area contributed by atoms with Gasteiger partial charge in [0.1, 0.15) is 6.04 Å². The molecule has 1 unspecified atom stereocenters. The van der Waals surface area contributed by atoms with Crippen molar-refractivity contribution in [3.8, 4) is 0 Å². The van der Waals surface area contributed by atoms with E-state index in [9.17, 15) is 9.59 Å². The van der Waals surface area contributed by atoms with Gasteiger partial charge in [0.25, 0.3) is 0 Å². The monoisotopic (exact) mass is 331 g/mol. The lowest BCUT2D eigenvalue weighted by molar-refractivity contribution is -0.144. The van der Waals surface area contributed by atoms with Crippen LogP contribution in [0.3, 0.4) is 0 Å². The fourth-order valence-electron chi connectivity index (χ4n) is 1.41. The first-order chi connectivity index (χ1) is 10.0. The average Bonchev–Trinajstić information content (AvgIpc) is 2.46. The Morgan fingerprint density at radius 2 is 2.33 bits per heavy atom. The maximum atomic E-state index is 11.7. The van der Waals surface area contributed by atoms with Gasteiger partial charge in [-0.05, 0) is 31.2 Å². The lowest BCUT2D eigenvalue weighted by atomic mass is 10.2. The highest BCUT2D eigenvalue weighted by Crippen LogP contribution is 2.17. The molecule has 0 fully saturated rings. The summed E-state index contributed by atoms with van der Waals surface area (Å²) < 4.78 is 4.80. The van der Waals surface area contributed by atoms with Crippen LogP contribution in [0.15, 0.2) is 18.3 Å². The van der Waals surface area contributed by atoms with Crippen LogP contribution in [0.1, 0.15) is 13.3 Å². The molecule has 1 atom stereocenters. The first kappa shape index (κ1) is 17.7. The number of nitrogens with one attached hydrogen (secondary N) is 1. The van der Waals surface area contributed by atoms with Crippen LogP contribution in [0.5, 0.6) is 0 Å². The molecule has 0 aliphatic rings. The summed E-state index contributed by atoms with van der Waals surface area (Å²) >= 11 is 7.22. The van der Waals surface area contributed by atoms with Gasteiger partial charge in [0.15, 0.2) is 5.15 Å². The second-order valence-corrected chi connectivity index (χ2v) is 5.55. The number of halogens is 1. The van der Waals surface area contributed by atoms with E-state index in [-0.39, 0.29) is 16.8 Å². The Hall–Kier alpha value is -1.31. The van der Waals surface area contributed by atoms with Crippen molar-refractivity contribution in [3.63, 3.8) is 0 Å². The SMILES string of the molecule is CCOC(=O)C(N)CCSCC(=O)Nc1cccnc1Cl. The van der Waals surface area contributed by atoms with E-state index in [4.69, 9.17) is 22.1 Å². The van der Waals surface area contributed by atoms with Crippen LogP contribution in [-0.2, 0) is 14.3 Å². The Bertz CT molecular complexity index is 487. The van der Waals surface area contributed by atoms with Crippen LogP contribution in [-0.4, -0.2) is 41.0 Å². The molecule has 0 bridgehead atoms. The van der Waals surface area contributed by atoms with Crippen LogP contribution in [0.2, 0.25) is 5.15 Å². The Morgan fingerprint density at radius 3 is 3.00 bits per heavy atom. The van der Waals surface area contributed by atoms with Crippen LogP contribution >= 0.6 is 23.4 Å². The van der Waals surface area contributed by atoms with E-state index in [1.54, 1.807) is 25.3 Å². The van der Waals surface area contributed by atoms with E-state index < -0.39 is 12.0 Å². The summed E-state index contributed by atoms with van der Waals surface area (Å²) in [6.45, 7) is 2.04. The number of thioether (sulfide) groups is 1. The Morgan fingerprint density at radius 1 is 1.57 bits per heavy atom. The van der Waals surface area contributed by atoms with Gasteiger partial charge < -0.3 is 15.8 Å². The molecule has 1 aromatic heterocycles. The zero-order chi connectivity index (χ0) is 15.7. The number of nitrogens with two attached hydrogens (primary N) is 1. The van der Waals surface area contributed by atoms with Crippen molar-refractivity contribution >= 4 is 40.9 Å². The maximum absolute atomic E-state index is 11.7. The molecule has 3 N–H and O–H groups in total. The lowest BCUT2D eigenvalue weighted by Crippen LogP contribution is -2.32. The van der Waals surface area contributed by atoms with Crippen molar-refractivity contribution in [1.82, 2.24) is 4.98 Å². The zero-order valence-electron chi connectivity index (χ0n) is 11.7. The molecule has 0 saturated heterocycles. The number of hydrogen-bond acceptors (Lipinski definition) is 6. The molecule has 1 heterocycles. The summed E-state index contributed by atoms with van der Waals surface area (Å²) in [5.74, 6) is 0.249.